The van der Waals surface area contributed by atoms with Crippen LogP contribution in [-0.2, 0) is 13.0 Å². The van der Waals surface area contributed by atoms with Crippen LogP contribution in [-0.4, -0.2) is 48.5 Å². The molecule has 2 aliphatic rings. The topological polar surface area (TPSA) is 79.7 Å². The number of ether oxygens (including phenoxy) is 2. The van der Waals surface area contributed by atoms with Gasteiger partial charge in [-0.25, -0.2) is 4.98 Å². The predicted molar refractivity (Wildman–Crippen MR) is 118 cm³/mol. The van der Waals surface area contributed by atoms with E-state index in [9.17, 15) is 5.11 Å². The van der Waals surface area contributed by atoms with E-state index in [1.54, 1.807) is 14.2 Å². The van der Waals surface area contributed by atoms with Crippen molar-refractivity contribution in [2.24, 2.45) is 5.92 Å². The second kappa shape index (κ2) is 8.68. The molecule has 1 aliphatic carbocycles. The van der Waals surface area contributed by atoms with Gasteiger partial charge in [0.25, 0.3) is 0 Å². The minimum Gasteiger partial charge on any atom is -0.493 e. The van der Waals surface area contributed by atoms with Crippen molar-refractivity contribution in [3.8, 4) is 11.5 Å². The molecule has 0 spiro atoms. The first kappa shape index (κ1) is 20.7. The van der Waals surface area contributed by atoms with Crippen molar-refractivity contribution < 1.29 is 14.6 Å². The van der Waals surface area contributed by atoms with E-state index in [0.29, 0.717) is 11.9 Å². The molecule has 0 unspecified atom stereocenters. The summed E-state index contributed by atoms with van der Waals surface area (Å²) in [4.78, 5) is 11.9. The van der Waals surface area contributed by atoms with Gasteiger partial charge in [0.05, 0.1) is 32.6 Å². The molecule has 2 heterocycles. The van der Waals surface area contributed by atoms with Crippen molar-refractivity contribution in [2.45, 2.75) is 51.6 Å². The summed E-state index contributed by atoms with van der Waals surface area (Å²) in [5.41, 5.74) is 3.62. The van der Waals surface area contributed by atoms with E-state index in [1.165, 1.54) is 24.0 Å². The Labute approximate surface area is 178 Å². The van der Waals surface area contributed by atoms with E-state index in [1.807, 2.05) is 0 Å². The summed E-state index contributed by atoms with van der Waals surface area (Å²) in [5, 5.41) is 13.1. The smallest absolute Gasteiger partial charge is 0.225 e. The summed E-state index contributed by atoms with van der Waals surface area (Å²) in [6, 6.07) is 6.23. The number of rotatable bonds is 8. The van der Waals surface area contributed by atoms with E-state index in [0.717, 1.165) is 42.5 Å². The zero-order valence-electron chi connectivity index (χ0n) is 18.3. The Morgan fingerprint density at radius 2 is 1.80 bits per heavy atom. The summed E-state index contributed by atoms with van der Waals surface area (Å²) < 4.78 is 11.0. The predicted octanol–water partition coefficient (Wildman–Crippen LogP) is 3.36. The lowest BCUT2D eigenvalue weighted by Crippen LogP contribution is -2.33. The standard InChI is InChI=1S/C23H32N4O3/c1-14(2)19(13-28)25-23-24-18(15-5-6-15)11-22(26-23)27-8-7-16-9-20(29-3)21(30-4)10-17(16)12-27/h9-11,14-15,19,28H,5-8,12-13H2,1-4H3,(H,24,25,26)/t19-/m1/s1. The molecule has 30 heavy (non-hydrogen) atoms. The van der Waals surface area contributed by atoms with E-state index < -0.39 is 0 Å². The summed E-state index contributed by atoms with van der Waals surface area (Å²) in [7, 11) is 3.34. The summed E-state index contributed by atoms with van der Waals surface area (Å²) in [6.07, 6.45) is 3.29. The van der Waals surface area contributed by atoms with Crippen LogP contribution in [0.3, 0.4) is 0 Å². The summed E-state index contributed by atoms with van der Waals surface area (Å²) >= 11 is 0. The minimum absolute atomic E-state index is 0.0583. The molecule has 0 amide bonds. The van der Waals surface area contributed by atoms with Crippen LogP contribution in [0.15, 0.2) is 18.2 Å². The van der Waals surface area contributed by atoms with Crippen molar-refractivity contribution in [1.29, 1.82) is 0 Å². The number of nitrogens with zero attached hydrogens (tertiary/aromatic N) is 3. The molecular weight excluding hydrogens is 380 g/mol. The van der Waals surface area contributed by atoms with Crippen molar-refractivity contribution in [3.63, 3.8) is 0 Å². The molecule has 4 rings (SSSR count). The maximum absolute atomic E-state index is 9.72. The largest absolute Gasteiger partial charge is 0.493 e. The van der Waals surface area contributed by atoms with Gasteiger partial charge in [0.1, 0.15) is 5.82 Å². The van der Waals surface area contributed by atoms with Crippen molar-refractivity contribution in [3.05, 3.63) is 35.0 Å². The third-order valence-electron chi connectivity index (χ3n) is 6.09. The highest BCUT2D eigenvalue weighted by atomic mass is 16.5. The summed E-state index contributed by atoms with van der Waals surface area (Å²) in [6.45, 7) is 5.88. The zero-order chi connectivity index (χ0) is 21.3. The number of fused-ring (bicyclic) bond motifs is 1. The average molecular weight is 413 g/mol. The van der Waals surface area contributed by atoms with Crippen LogP contribution in [0, 0.1) is 5.92 Å². The van der Waals surface area contributed by atoms with E-state index in [2.05, 4.69) is 42.3 Å². The molecule has 1 aromatic heterocycles. The second-order valence-electron chi connectivity index (χ2n) is 8.57. The number of hydrogen-bond acceptors (Lipinski definition) is 7. The van der Waals surface area contributed by atoms with Gasteiger partial charge in [-0.05, 0) is 48.4 Å². The number of anilines is 2. The van der Waals surface area contributed by atoms with Crippen molar-refractivity contribution in [1.82, 2.24) is 9.97 Å². The molecule has 0 radical (unpaired) electrons. The van der Waals surface area contributed by atoms with Crippen molar-refractivity contribution >= 4 is 11.8 Å². The van der Waals surface area contributed by atoms with Crippen LogP contribution in [0.2, 0.25) is 0 Å². The van der Waals surface area contributed by atoms with Gasteiger partial charge in [-0.1, -0.05) is 13.8 Å². The highest BCUT2D eigenvalue weighted by molar-refractivity contribution is 5.53. The fraction of sp³-hybridized carbons (Fsp3) is 0.565. The Morgan fingerprint density at radius 1 is 1.10 bits per heavy atom. The molecule has 0 bridgehead atoms. The minimum atomic E-state index is -0.0638. The maximum atomic E-state index is 9.72. The molecule has 2 aromatic rings. The molecule has 1 aromatic carbocycles. The van der Waals surface area contributed by atoms with Gasteiger partial charge in [0.2, 0.25) is 5.95 Å². The number of hydrogen-bond donors (Lipinski definition) is 2. The highest BCUT2D eigenvalue weighted by Crippen LogP contribution is 2.41. The lowest BCUT2D eigenvalue weighted by atomic mass is 9.98. The number of aliphatic hydroxyl groups excluding tert-OH is 1. The second-order valence-corrected chi connectivity index (χ2v) is 8.57. The fourth-order valence-corrected chi connectivity index (χ4v) is 3.94. The van der Waals surface area contributed by atoms with Crippen molar-refractivity contribution in [2.75, 3.05) is 37.6 Å². The first-order valence-corrected chi connectivity index (χ1v) is 10.8. The van der Waals surface area contributed by atoms with Gasteiger partial charge in [0, 0.05) is 25.1 Å². The van der Waals surface area contributed by atoms with E-state index >= 15 is 0 Å². The Hall–Kier alpha value is -2.54. The van der Waals surface area contributed by atoms with Gasteiger partial charge in [0.15, 0.2) is 11.5 Å². The first-order chi connectivity index (χ1) is 14.5. The number of methoxy groups -OCH3 is 2. The quantitative estimate of drug-likeness (QED) is 0.688. The molecule has 1 fully saturated rings. The molecule has 7 nitrogen and oxygen atoms in total. The van der Waals surface area contributed by atoms with Gasteiger partial charge < -0.3 is 24.8 Å². The number of nitrogens with one attached hydrogen (secondary N) is 1. The van der Waals surface area contributed by atoms with Crippen LogP contribution in [0.4, 0.5) is 11.8 Å². The highest BCUT2D eigenvalue weighted by Gasteiger charge is 2.28. The molecule has 1 saturated carbocycles. The number of benzene rings is 1. The van der Waals surface area contributed by atoms with Gasteiger partial charge in [-0.3, -0.25) is 0 Å². The van der Waals surface area contributed by atoms with E-state index in [4.69, 9.17) is 19.4 Å². The first-order valence-electron chi connectivity index (χ1n) is 10.8. The molecule has 0 saturated heterocycles. The monoisotopic (exact) mass is 412 g/mol. The SMILES string of the molecule is COc1cc2c(cc1OC)CN(c1cc(C3CC3)nc(N[C@H](CO)C(C)C)n1)CC2. The third-order valence-corrected chi connectivity index (χ3v) is 6.09. The zero-order valence-corrected chi connectivity index (χ0v) is 18.3. The Bertz CT molecular complexity index is 898. The van der Waals surface area contributed by atoms with Crippen LogP contribution in [0.1, 0.15) is 49.4 Å². The molecular formula is C23H32N4O3. The van der Waals surface area contributed by atoms with Crippen LogP contribution >= 0.6 is 0 Å². The maximum Gasteiger partial charge on any atom is 0.225 e. The Kier molecular flexibility index (Phi) is 5.99. The Morgan fingerprint density at radius 3 is 2.40 bits per heavy atom. The van der Waals surface area contributed by atoms with Gasteiger partial charge >= 0.3 is 0 Å². The molecule has 7 heteroatoms. The van der Waals surface area contributed by atoms with Crippen LogP contribution in [0.5, 0.6) is 11.5 Å². The third kappa shape index (κ3) is 4.31. The average Bonchev–Trinajstić information content (AvgIpc) is 3.61. The summed E-state index contributed by atoms with van der Waals surface area (Å²) in [5.74, 6) is 3.90. The molecule has 162 valence electrons. The molecule has 2 N–H and O–H groups in total. The number of aromatic nitrogens is 2. The molecule has 1 aliphatic heterocycles. The normalized spacial score (nSPS) is 16.9. The van der Waals surface area contributed by atoms with Gasteiger partial charge in [-0.15, -0.1) is 0 Å². The molecule has 1 atom stereocenters. The lowest BCUT2D eigenvalue weighted by molar-refractivity contribution is 0.248. The Balaban J connectivity index is 1.62. The lowest BCUT2D eigenvalue weighted by Gasteiger charge is -2.31. The van der Waals surface area contributed by atoms with Gasteiger partial charge in [-0.2, -0.15) is 4.98 Å². The van der Waals surface area contributed by atoms with Crippen LogP contribution in [0.25, 0.3) is 0 Å². The fourth-order valence-electron chi connectivity index (χ4n) is 3.94. The number of aliphatic hydroxyl groups is 1. The van der Waals surface area contributed by atoms with Crippen LogP contribution < -0.4 is 19.7 Å². The van der Waals surface area contributed by atoms with E-state index in [-0.39, 0.29) is 18.6 Å².